The number of hydrogen-bond acceptors (Lipinski definition) is 4. The average molecular weight is 348 g/mol. The lowest BCUT2D eigenvalue weighted by Crippen LogP contribution is -2.02. The van der Waals surface area contributed by atoms with Gasteiger partial charge in [0.05, 0.1) is 17.1 Å². The van der Waals surface area contributed by atoms with Crippen molar-refractivity contribution in [3.8, 4) is 22.9 Å². The van der Waals surface area contributed by atoms with Crippen LogP contribution in [0.3, 0.4) is 0 Å². The molecule has 4 aromatic rings. The first-order valence-corrected chi connectivity index (χ1v) is 8.29. The van der Waals surface area contributed by atoms with E-state index in [0.717, 1.165) is 22.6 Å². The van der Waals surface area contributed by atoms with E-state index in [0.29, 0.717) is 16.3 Å². The molecule has 0 amide bonds. The molecule has 7 heteroatoms. The number of benzene rings is 2. The molecule has 0 atom stereocenters. The molecule has 0 radical (unpaired) electrons. The Morgan fingerprint density at radius 3 is 2.44 bits per heavy atom. The van der Waals surface area contributed by atoms with Crippen LogP contribution in [0.15, 0.2) is 54.6 Å². The minimum Gasteiger partial charge on any atom is -0.266 e. The Bertz CT molecular complexity index is 1090. The smallest absolute Gasteiger partial charge is 0.200 e. The van der Waals surface area contributed by atoms with Crippen LogP contribution in [0.2, 0.25) is 0 Å². The van der Waals surface area contributed by atoms with Crippen LogP contribution in [0.25, 0.3) is 22.9 Å². The number of H-pyrrole nitrogens is 1. The first kappa shape index (κ1) is 15.5. The van der Waals surface area contributed by atoms with Crippen molar-refractivity contribution in [3.63, 3.8) is 0 Å². The lowest BCUT2D eigenvalue weighted by atomic mass is 10.2. The van der Waals surface area contributed by atoms with E-state index in [9.17, 15) is 0 Å². The summed E-state index contributed by atoms with van der Waals surface area (Å²) >= 11 is 5.45. The van der Waals surface area contributed by atoms with Crippen LogP contribution in [0.5, 0.6) is 0 Å². The minimum absolute atomic E-state index is 0.526. The summed E-state index contributed by atoms with van der Waals surface area (Å²) in [4.78, 5) is 0. The zero-order valence-electron chi connectivity index (χ0n) is 13.8. The minimum atomic E-state index is 0.526. The Balaban J connectivity index is 1.90. The highest BCUT2D eigenvalue weighted by molar-refractivity contribution is 7.71. The van der Waals surface area contributed by atoms with Crippen molar-refractivity contribution in [2.45, 2.75) is 13.8 Å². The van der Waals surface area contributed by atoms with E-state index in [1.807, 2.05) is 73.0 Å². The molecule has 0 saturated carbocycles. The number of aromatic amines is 1. The third-order valence-electron chi connectivity index (χ3n) is 4.14. The Hall–Kier alpha value is -3.06. The zero-order chi connectivity index (χ0) is 17.4. The molecule has 1 N–H and O–H groups in total. The van der Waals surface area contributed by atoms with Crippen molar-refractivity contribution in [2.24, 2.45) is 0 Å². The Labute approximate surface area is 149 Å². The number of nitrogens with zero attached hydrogens (tertiary/aromatic N) is 5. The zero-order valence-corrected chi connectivity index (χ0v) is 14.7. The topological polar surface area (TPSA) is 64.3 Å². The highest BCUT2D eigenvalue weighted by Gasteiger charge is 2.19. The molecule has 0 aliphatic carbocycles. The fraction of sp³-hybridized carbons (Fsp3) is 0.111. The van der Waals surface area contributed by atoms with Gasteiger partial charge in [0, 0.05) is 0 Å². The summed E-state index contributed by atoms with van der Waals surface area (Å²) in [6.07, 6.45) is 0. The van der Waals surface area contributed by atoms with Gasteiger partial charge < -0.3 is 0 Å². The van der Waals surface area contributed by atoms with E-state index in [-0.39, 0.29) is 0 Å². The van der Waals surface area contributed by atoms with Gasteiger partial charge in [0.2, 0.25) is 0 Å². The number of aromatic nitrogens is 6. The normalized spacial score (nSPS) is 11.0. The van der Waals surface area contributed by atoms with Crippen LogP contribution in [-0.2, 0) is 0 Å². The molecule has 0 spiro atoms. The molecule has 0 aliphatic rings. The molecular formula is C18H16N6S. The maximum absolute atomic E-state index is 5.45. The van der Waals surface area contributed by atoms with Crippen molar-refractivity contribution < 1.29 is 0 Å². The summed E-state index contributed by atoms with van der Waals surface area (Å²) in [5.74, 6) is 0.652. The first-order chi connectivity index (χ1) is 12.2. The fourth-order valence-electron chi connectivity index (χ4n) is 2.84. The van der Waals surface area contributed by atoms with E-state index in [4.69, 9.17) is 12.2 Å². The lowest BCUT2D eigenvalue weighted by Gasteiger charge is -2.09. The molecule has 124 valence electrons. The van der Waals surface area contributed by atoms with Crippen LogP contribution >= 0.6 is 12.2 Å². The molecule has 0 saturated heterocycles. The summed E-state index contributed by atoms with van der Waals surface area (Å²) in [5.41, 5.74) is 4.63. The van der Waals surface area contributed by atoms with Gasteiger partial charge >= 0.3 is 0 Å². The molecule has 0 bridgehead atoms. The Kier molecular flexibility index (Phi) is 3.77. The molecule has 2 aromatic heterocycles. The summed E-state index contributed by atoms with van der Waals surface area (Å²) < 4.78 is 4.23. The molecule has 25 heavy (non-hydrogen) atoms. The number of hydrogen-bond donors (Lipinski definition) is 1. The van der Waals surface area contributed by atoms with Gasteiger partial charge in [0.1, 0.15) is 0 Å². The lowest BCUT2D eigenvalue weighted by molar-refractivity contribution is 0.785. The Morgan fingerprint density at radius 1 is 0.960 bits per heavy atom. The standard InChI is InChI=1S/C18H16N6S/c1-12-8-6-7-11-15(12)23-17(20-21-18(23)25)16-13(2)24(22-19-16)14-9-4-3-5-10-14/h3-11H,1-2H3,(H,21,25). The van der Waals surface area contributed by atoms with Gasteiger partial charge in [-0.25, -0.2) is 4.68 Å². The summed E-state index contributed by atoms with van der Waals surface area (Å²) in [5, 5.41) is 15.9. The quantitative estimate of drug-likeness (QED) is 0.572. The highest BCUT2D eigenvalue weighted by atomic mass is 32.1. The van der Waals surface area contributed by atoms with Crippen molar-refractivity contribution in [1.29, 1.82) is 0 Å². The number of para-hydroxylation sites is 2. The molecule has 6 nitrogen and oxygen atoms in total. The van der Waals surface area contributed by atoms with E-state index >= 15 is 0 Å². The third-order valence-corrected chi connectivity index (χ3v) is 4.41. The molecule has 4 rings (SSSR count). The molecule has 2 heterocycles. The predicted octanol–water partition coefficient (Wildman–Crippen LogP) is 3.79. The van der Waals surface area contributed by atoms with Crippen molar-refractivity contribution in [2.75, 3.05) is 0 Å². The summed E-state index contributed by atoms with van der Waals surface area (Å²) in [6.45, 7) is 4.02. The fourth-order valence-corrected chi connectivity index (χ4v) is 3.07. The highest BCUT2D eigenvalue weighted by Crippen LogP contribution is 2.25. The second kappa shape index (κ2) is 6.10. The summed E-state index contributed by atoms with van der Waals surface area (Å²) in [6, 6.07) is 17.9. The van der Waals surface area contributed by atoms with Gasteiger partial charge in [-0.05, 0) is 49.8 Å². The van der Waals surface area contributed by atoms with E-state index in [2.05, 4.69) is 20.5 Å². The van der Waals surface area contributed by atoms with Gasteiger partial charge in [0.15, 0.2) is 16.3 Å². The van der Waals surface area contributed by atoms with Gasteiger partial charge in [-0.15, -0.1) is 5.10 Å². The maximum atomic E-state index is 5.45. The monoisotopic (exact) mass is 348 g/mol. The predicted molar refractivity (Wildman–Crippen MR) is 98.6 cm³/mol. The second-order valence-electron chi connectivity index (χ2n) is 5.75. The SMILES string of the molecule is Cc1ccccc1-n1c(-c2nnn(-c3ccccc3)c2C)n[nH]c1=S. The molecule has 0 unspecified atom stereocenters. The molecule has 2 aromatic carbocycles. The molecule has 0 fully saturated rings. The van der Waals surface area contributed by atoms with Crippen LogP contribution in [-0.4, -0.2) is 29.8 Å². The van der Waals surface area contributed by atoms with E-state index in [1.165, 1.54) is 0 Å². The van der Waals surface area contributed by atoms with Crippen LogP contribution in [0.4, 0.5) is 0 Å². The number of nitrogens with one attached hydrogen (secondary N) is 1. The molecule has 0 aliphatic heterocycles. The van der Waals surface area contributed by atoms with Gasteiger partial charge in [-0.3, -0.25) is 9.67 Å². The third kappa shape index (κ3) is 2.58. The largest absolute Gasteiger partial charge is 0.266 e. The Morgan fingerprint density at radius 2 is 1.68 bits per heavy atom. The van der Waals surface area contributed by atoms with E-state index in [1.54, 1.807) is 4.68 Å². The van der Waals surface area contributed by atoms with E-state index < -0.39 is 0 Å². The second-order valence-corrected chi connectivity index (χ2v) is 6.13. The average Bonchev–Trinajstić information content (AvgIpc) is 3.19. The van der Waals surface area contributed by atoms with Crippen LogP contribution < -0.4 is 0 Å². The number of aryl methyl sites for hydroxylation is 1. The van der Waals surface area contributed by atoms with Crippen LogP contribution in [0.1, 0.15) is 11.3 Å². The maximum Gasteiger partial charge on any atom is 0.200 e. The van der Waals surface area contributed by atoms with Gasteiger partial charge in [-0.2, -0.15) is 5.10 Å². The molecular weight excluding hydrogens is 332 g/mol. The van der Waals surface area contributed by atoms with Crippen molar-refractivity contribution in [1.82, 2.24) is 29.8 Å². The van der Waals surface area contributed by atoms with Gasteiger partial charge in [-0.1, -0.05) is 41.6 Å². The van der Waals surface area contributed by atoms with Crippen molar-refractivity contribution >= 4 is 12.2 Å². The van der Waals surface area contributed by atoms with Crippen molar-refractivity contribution in [3.05, 3.63) is 70.6 Å². The van der Waals surface area contributed by atoms with Gasteiger partial charge in [0.25, 0.3) is 0 Å². The number of rotatable bonds is 3. The first-order valence-electron chi connectivity index (χ1n) is 7.88. The summed E-state index contributed by atoms with van der Waals surface area (Å²) in [7, 11) is 0. The van der Waals surface area contributed by atoms with Crippen LogP contribution in [0, 0.1) is 18.6 Å².